The molecule has 1 amide bonds. The van der Waals surface area contributed by atoms with E-state index in [0.29, 0.717) is 5.56 Å². The highest BCUT2D eigenvalue weighted by Crippen LogP contribution is 2.23. The number of carbonyl (C=O) groups excluding carboxylic acids is 1. The van der Waals surface area contributed by atoms with Gasteiger partial charge in [0.05, 0.1) is 6.20 Å². The summed E-state index contributed by atoms with van der Waals surface area (Å²) in [5, 5.41) is 9.40. The summed E-state index contributed by atoms with van der Waals surface area (Å²) in [7, 11) is 3.43. The molecule has 18 heavy (non-hydrogen) atoms. The van der Waals surface area contributed by atoms with Crippen molar-refractivity contribution < 1.29 is 9.90 Å². The number of hydrogen-bond acceptors (Lipinski definition) is 3. The Balaban J connectivity index is 2.42. The lowest BCUT2D eigenvalue weighted by Gasteiger charge is -2.11. The number of aromatic nitrogens is 1. The van der Waals surface area contributed by atoms with E-state index >= 15 is 0 Å². The van der Waals surface area contributed by atoms with Crippen LogP contribution in [-0.4, -0.2) is 35.0 Å². The zero-order valence-corrected chi connectivity index (χ0v) is 10.3. The third-order valence-corrected chi connectivity index (χ3v) is 2.57. The van der Waals surface area contributed by atoms with Gasteiger partial charge in [-0.15, -0.1) is 0 Å². The normalized spacial score (nSPS) is 10.1. The minimum atomic E-state index is -0.0510. The Morgan fingerprint density at radius 1 is 1.17 bits per heavy atom. The molecule has 0 spiro atoms. The van der Waals surface area contributed by atoms with Crippen LogP contribution in [0, 0.1) is 0 Å². The van der Waals surface area contributed by atoms with E-state index in [1.165, 1.54) is 11.1 Å². The van der Waals surface area contributed by atoms with Gasteiger partial charge in [0.1, 0.15) is 5.75 Å². The van der Waals surface area contributed by atoms with E-state index < -0.39 is 0 Å². The third kappa shape index (κ3) is 2.48. The first-order chi connectivity index (χ1) is 8.58. The Bertz CT molecular complexity index is 580. The van der Waals surface area contributed by atoms with E-state index in [-0.39, 0.29) is 11.7 Å². The molecular formula is C14H14N2O2. The highest BCUT2D eigenvalue weighted by Gasteiger charge is 2.09. The number of amides is 1. The van der Waals surface area contributed by atoms with E-state index in [2.05, 4.69) is 4.98 Å². The molecule has 0 fully saturated rings. The Kier molecular flexibility index (Phi) is 3.28. The number of pyridine rings is 1. The molecule has 1 aromatic carbocycles. The predicted molar refractivity (Wildman–Crippen MR) is 69.4 cm³/mol. The molecule has 4 nitrogen and oxygen atoms in total. The van der Waals surface area contributed by atoms with Crippen molar-refractivity contribution in [2.24, 2.45) is 0 Å². The molecule has 0 aliphatic rings. The third-order valence-electron chi connectivity index (χ3n) is 2.57. The number of hydrogen-bond donors (Lipinski definition) is 1. The van der Waals surface area contributed by atoms with Crippen LogP contribution in [0.1, 0.15) is 10.4 Å². The molecule has 1 heterocycles. The summed E-state index contributed by atoms with van der Waals surface area (Å²) in [4.78, 5) is 17.3. The fourth-order valence-electron chi connectivity index (χ4n) is 1.68. The van der Waals surface area contributed by atoms with Crippen LogP contribution in [0.15, 0.2) is 42.7 Å². The van der Waals surface area contributed by atoms with Crippen LogP contribution in [0.25, 0.3) is 11.1 Å². The van der Waals surface area contributed by atoms with Crippen molar-refractivity contribution in [3.63, 3.8) is 0 Å². The molecule has 92 valence electrons. The maximum Gasteiger partial charge on any atom is 0.253 e. The second-order valence-electron chi connectivity index (χ2n) is 4.21. The molecule has 0 aliphatic heterocycles. The number of aromatic hydroxyl groups is 1. The van der Waals surface area contributed by atoms with Crippen molar-refractivity contribution >= 4 is 5.91 Å². The molecule has 1 N–H and O–H groups in total. The molecule has 2 aromatic rings. The average molecular weight is 242 g/mol. The van der Waals surface area contributed by atoms with Gasteiger partial charge in [0.2, 0.25) is 0 Å². The summed E-state index contributed by atoms with van der Waals surface area (Å²) in [5.74, 6) is 0.0572. The Morgan fingerprint density at radius 3 is 2.61 bits per heavy atom. The van der Waals surface area contributed by atoms with Crippen LogP contribution < -0.4 is 0 Å². The van der Waals surface area contributed by atoms with Gasteiger partial charge in [-0.05, 0) is 23.8 Å². The van der Waals surface area contributed by atoms with Crippen molar-refractivity contribution in [1.29, 1.82) is 0 Å². The van der Waals surface area contributed by atoms with Crippen molar-refractivity contribution in [3.8, 4) is 16.9 Å². The Hall–Kier alpha value is -2.36. The summed E-state index contributed by atoms with van der Waals surface area (Å²) >= 11 is 0. The fourth-order valence-corrected chi connectivity index (χ4v) is 1.68. The molecule has 2 rings (SSSR count). The standard InChI is InChI=1S/C14H14N2O2/c1-16(2)14(18)11-5-3-4-10(6-11)12-7-13(17)9-15-8-12/h3-9,17H,1-2H3. The number of carbonyl (C=O) groups is 1. The number of nitrogens with zero attached hydrogens (tertiary/aromatic N) is 2. The topological polar surface area (TPSA) is 53.4 Å². The van der Waals surface area contributed by atoms with Crippen LogP contribution in [0.3, 0.4) is 0 Å². The monoisotopic (exact) mass is 242 g/mol. The van der Waals surface area contributed by atoms with Gasteiger partial charge in [-0.2, -0.15) is 0 Å². The van der Waals surface area contributed by atoms with Crippen LogP contribution in [0.5, 0.6) is 5.75 Å². The van der Waals surface area contributed by atoms with Gasteiger partial charge in [0.25, 0.3) is 5.91 Å². The van der Waals surface area contributed by atoms with Crippen LogP contribution >= 0.6 is 0 Å². The summed E-state index contributed by atoms with van der Waals surface area (Å²) in [6.07, 6.45) is 3.03. The summed E-state index contributed by atoms with van der Waals surface area (Å²) < 4.78 is 0. The molecule has 1 aromatic heterocycles. The smallest absolute Gasteiger partial charge is 0.253 e. The van der Waals surface area contributed by atoms with E-state index in [1.807, 2.05) is 12.1 Å². The van der Waals surface area contributed by atoms with Gasteiger partial charge >= 0.3 is 0 Å². The van der Waals surface area contributed by atoms with E-state index in [4.69, 9.17) is 0 Å². The van der Waals surface area contributed by atoms with Gasteiger partial charge in [0, 0.05) is 31.4 Å². The molecule has 0 aliphatic carbocycles. The van der Waals surface area contributed by atoms with Gasteiger partial charge in [0.15, 0.2) is 0 Å². The second-order valence-corrected chi connectivity index (χ2v) is 4.21. The zero-order chi connectivity index (χ0) is 13.1. The molecule has 0 radical (unpaired) electrons. The summed E-state index contributed by atoms with van der Waals surface area (Å²) in [6, 6.07) is 8.87. The lowest BCUT2D eigenvalue weighted by Crippen LogP contribution is -2.21. The minimum absolute atomic E-state index is 0.0510. The maximum absolute atomic E-state index is 11.9. The molecule has 0 atom stereocenters. The van der Waals surface area contributed by atoms with Gasteiger partial charge < -0.3 is 10.0 Å². The predicted octanol–water partition coefficient (Wildman–Crippen LogP) is 2.16. The van der Waals surface area contributed by atoms with Crippen molar-refractivity contribution in [3.05, 3.63) is 48.3 Å². The van der Waals surface area contributed by atoms with Crippen molar-refractivity contribution in [1.82, 2.24) is 9.88 Å². The Morgan fingerprint density at radius 2 is 1.94 bits per heavy atom. The molecule has 4 heteroatoms. The fraction of sp³-hybridized carbons (Fsp3) is 0.143. The lowest BCUT2D eigenvalue weighted by atomic mass is 10.0. The first-order valence-corrected chi connectivity index (χ1v) is 5.54. The second kappa shape index (κ2) is 4.87. The molecule has 0 saturated heterocycles. The molecule has 0 unspecified atom stereocenters. The van der Waals surface area contributed by atoms with Gasteiger partial charge in [-0.3, -0.25) is 9.78 Å². The minimum Gasteiger partial charge on any atom is -0.506 e. The SMILES string of the molecule is CN(C)C(=O)c1cccc(-c2cncc(O)c2)c1. The van der Waals surface area contributed by atoms with Crippen LogP contribution in [0.2, 0.25) is 0 Å². The molecular weight excluding hydrogens is 228 g/mol. The van der Waals surface area contributed by atoms with Crippen LogP contribution in [-0.2, 0) is 0 Å². The quantitative estimate of drug-likeness (QED) is 0.878. The maximum atomic E-state index is 11.9. The average Bonchev–Trinajstić information content (AvgIpc) is 2.38. The van der Waals surface area contributed by atoms with Crippen molar-refractivity contribution in [2.45, 2.75) is 0 Å². The highest BCUT2D eigenvalue weighted by atomic mass is 16.3. The first kappa shape index (κ1) is 12.1. The summed E-state index contributed by atoms with van der Waals surface area (Å²) in [5.41, 5.74) is 2.25. The summed E-state index contributed by atoms with van der Waals surface area (Å²) in [6.45, 7) is 0. The number of benzene rings is 1. The van der Waals surface area contributed by atoms with E-state index in [0.717, 1.165) is 11.1 Å². The highest BCUT2D eigenvalue weighted by molar-refractivity contribution is 5.95. The first-order valence-electron chi connectivity index (χ1n) is 5.54. The molecule has 0 saturated carbocycles. The molecule has 0 bridgehead atoms. The Labute approximate surface area is 106 Å². The number of rotatable bonds is 2. The van der Waals surface area contributed by atoms with Crippen LogP contribution in [0.4, 0.5) is 0 Å². The lowest BCUT2D eigenvalue weighted by molar-refractivity contribution is 0.0827. The van der Waals surface area contributed by atoms with Crippen molar-refractivity contribution in [2.75, 3.05) is 14.1 Å². The van der Waals surface area contributed by atoms with Gasteiger partial charge in [-0.25, -0.2) is 0 Å². The zero-order valence-electron chi connectivity index (χ0n) is 10.3. The van der Waals surface area contributed by atoms with E-state index in [9.17, 15) is 9.90 Å². The largest absolute Gasteiger partial charge is 0.506 e. The van der Waals surface area contributed by atoms with E-state index in [1.54, 1.807) is 38.5 Å². The van der Waals surface area contributed by atoms with Gasteiger partial charge in [-0.1, -0.05) is 12.1 Å².